The van der Waals surface area contributed by atoms with Gasteiger partial charge in [0.2, 0.25) is 5.91 Å². The lowest BCUT2D eigenvalue weighted by molar-refractivity contribution is -0.119. The normalized spacial score (nSPS) is 26.8. The van der Waals surface area contributed by atoms with Crippen LogP contribution in [0.5, 0.6) is 0 Å². The van der Waals surface area contributed by atoms with E-state index in [9.17, 15) is 4.79 Å². The SMILES string of the molecule is CC1(C)CCCC(NC(=O)CBr)C1. The molecule has 0 saturated heterocycles. The zero-order valence-corrected chi connectivity index (χ0v) is 9.99. The van der Waals surface area contributed by atoms with Crippen LogP contribution in [0.4, 0.5) is 0 Å². The quantitative estimate of drug-likeness (QED) is 0.747. The van der Waals surface area contributed by atoms with Crippen LogP contribution >= 0.6 is 15.9 Å². The number of halogens is 1. The molecule has 1 unspecified atom stereocenters. The van der Waals surface area contributed by atoms with Gasteiger partial charge in [-0.25, -0.2) is 0 Å². The van der Waals surface area contributed by atoms with Crippen LogP contribution in [0.3, 0.4) is 0 Å². The second-order valence-corrected chi connectivity index (χ2v) is 5.22. The third kappa shape index (κ3) is 3.67. The van der Waals surface area contributed by atoms with Crippen molar-refractivity contribution in [2.75, 3.05) is 5.33 Å². The first kappa shape index (κ1) is 11.0. The van der Waals surface area contributed by atoms with E-state index >= 15 is 0 Å². The minimum absolute atomic E-state index is 0.114. The van der Waals surface area contributed by atoms with Crippen LogP contribution < -0.4 is 5.32 Å². The number of carbonyl (C=O) groups is 1. The zero-order chi connectivity index (χ0) is 9.90. The molecule has 3 heteroatoms. The Bertz CT molecular complexity index is 191. The molecule has 1 saturated carbocycles. The molecule has 1 rings (SSSR count). The van der Waals surface area contributed by atoms with Gasteiger partial charge in [0.15, 0.2) is 0 Å². The molecule has 1 fully saturated rings. The summed E-state index contributed by atoms with van der Waals surface area (Å²) in [6, 6.07) is 0.397. The minimum atomic E-state index is 0.114. The second-order valence-electron chi connectivity index (χ2n) is 4.66. The van der Waals surface area contributed by atoms with Crippen LogP contribution in [0.15, 0.2) is 0 Å². The van der Waals surface area contributed by atoms with E-state index in [-0.39, 0.29) is 5.91 Å². The third-order valence-electron chi connectivity index (χ3n) is 2.69. The monoisotopic (exact) mass is 247 g/mol. The van der Waals surface area contributed by atoms with E-state index in [1.54, 1.807) is 0 Å². The van der Waals surface area contributed by atoms with Crippen molar-refractivity contribution < 1.29 is 4.79 Å². The fourth-order valence-electron chi connectivity index (χ4n) is 2.09. The van der Waals surface area contributed by atoms with E-state index in [1.165, 1.54) is 12.8 Å². The number of carbonyl (C=O) groups excluding carboxylic acids is 1. The summed E-state index contributed by atoms with van der Waals surface area (Å²) in [5.74, 6) is 0.114. The van der Waals surface area contributed by atoms with Crippen molar-refractivity contribution in [2.45, 2.75) is 45.6 Å². The standard InChI is InChI=1S/C10H18BrNO/c1-10(2)5-3-4-8(6-10)12-9(13)7-11/h8H,3-7H2,1-2H3,(H,12,13). The fourth-order valence-corrected chi connectivity index (χ4v) is 2.25. The van der Waals surface area contributed by atoms with Gasteiger partial charge < -0.3 is 5.32 Å². The largest absolute Gasteiger partial charge is 0.353 e. The van der Waals surface area contributed by atoms with Crippen molar-refractivity contribution in [3.63, 3.8) is 0 Å². The smallest absolute Gasteiger partial charge is 0.230 e. The summed E-state index contributed by atoms with van der Waals surface area (Å²) in [5.41, 5.74) is 0.405. The molecular weight excluding hydrogens is 230 g/mol. The lowest BCUT2D eigenvalue weighted by Gasteiger charge is -2.35. The van der Waals surface area contributed by atoms with Gasteiger partial charge in [-0.15, -0.1) is 0 Å². The third-order valence-corrected chi connectivity index (χ3v) is 3.20. The van der Waals surface area contributed by atoms with Gasteiger partial charge in [-0.3, -0.25) is 4.79 Å². The van der Waals surface area contributed by atoms with Crippen LogP contribution in [-0.4, -0.2) is 17.3 Å². The summed E-state index contributed by atoms with van der Waals surface area (Å²) in [6.07, 6.45) is 4.78. The van der Waals surface area contributed by atoms with E-state index in [0.29, 0.717) is 16.8 Å². The number of amides is 1. The Morgan fingerprint density at radius 1 is 1.62 bits per heavy atom. The van der Waals surface area contributed by atoms with Crippen molar-refractivity contribution in [1.82, 2.24) is 5.32 Å². The summed E-state index contributed by atoms with van der Waals surface area (Å²) >= 11 is 3.16. The van der Waals surface area contributed by atoms with Crippen LogP contribution in [0, 0.1) is 5.41 Å². The average molecular weight is 248 g/mol. The topological polar surface area (TPSA) is 29.1 Å². The van der Waals surface area contributed by atoms with Gasteiger partial charge >= 0.3 is 0 Å². The Morgan fingerprint density at radius 3 is 2.85 bits per heavy atom. The van der Waals surface area contributed by atoms with Gasteiger partial charge in [0, 0.05) is 6.04 Å². The van der Waals surface area contributed by atoms with Gasteiger partial charge in [-0.2, -0.15) is 0 Å². The van der Waals surface area contributed by atoms with Gasteiger partial charge in [0.05, 0.1) is 5.33 Å². The summed E-state index contributed by atoms with van der Waals surface area (Å²) in [4.78, 5) is 11.1. The van der Waals surface area contributed by atoms with Crippen molar-refractivity contribution in [3.05, 3.63) is 0 Å². The second kappa shape index (κ2) is 4.45. The molecule has 0 radical (unpaired) electrons. The maximum absolute atomic E-state index is 11.1. The van der Waals surface area contributed by atoms with E-state index in [4.69, 9.17) is 0 Å². The Labute approximate surface area is 88.6 Å². The molecule has 2 nitrogen and oxygen atoms in total. The van der Waals surface area contributed by atoms with Crippen molar-refractivity contribution in [3.8, 4) is 0 Å². The maximum atomic E-state index is 11.1. The molecule has 1 amide bonds. The molecular formula is C10H18BrNO. The number of alkyl halides is 1. The molecule has 0 bridgehead atoms. The van der Waals surface area contributed by atoms with E-state index < -0.39 is 0 Å². The first-order chi connectivity index (χ1) is 6.03. The lowest BCUT2D eigenvalue weighted by Crippen LogP contribution is -2.41. The molecule has 1 N–H and O–H groups in total. The van der Waals surface area contributed by atoms with E-state index in [0.717, 1.165) is 12.8 Å². The van der Waals surface area contributed by atoms with Crippen LogP contribution in [0.25, 0.3) is 0 Å². The highest BCUT2D eigenvalue weighted by Gasteiger charge is 2.28. The number of hydrogen-bond acceptors (Lipinski definition) is 1. The van der Waals surface area contributed by atoms with E-state index in [2.05, 4.69) is 35.1 Å². The molecule has 13 heavy (non-hydrogen) atoms. The highest BCUT2D eigenvalue weighted by atomic mass is 79.9. The Kier molecular flexibility index (Phi) is 3.77. The minimum Gasteiger partial charge on any atom is -0.353 e. The Balaban J connectivity index is 2.39. The Hall–Kier alpha value is -0.0500. The number of hydrogen-bond donors (Lipinski definition) is 1. The number of rotatable bonds is 2. The fraction of sp³-hybridized carbons (Fsp3) is 0.900. The van der Waals surface area contributed by atoms with Crippen molar-refractivity contribution >= 4 is 21.8 Å². The first-order valence-corrected chi connectivity index (χ1v) is 6.01. The molecule has 0 aromatic carbocycles. The zero-order valence-electron chi connectivity index (χ0n) is 8.40. The predicted octanol–water partition coefficient (Wildman–Crippen LogP) is 2.47. The predicted molar refractivity (Wildman–Crippen MR) is 58.0 cm³/mol. The van der Waals surface area contributed by atoms with Gasteiger partial charge in [0.1, 0.15) is 0 Å². The van der Waals surface area contributed by atoms with E-state index in [1.807, 2.05) is 0 Å². The molecule has 0 aromatic heterocycles. The van der Waals surface area contributed by atoms with Crippen molar-refractivity contribution in [2.24, 2.45) is 5.41 Å². The van der Waals surface area contributed by atoms with Gasteiger partial charge in [-0.1, -0.05) is 36.2 Å². The molecule has 0 spiro atoms. The maximum Gasteiger partial charge on any atom is 0.230 e. The molecule has 1 aliphatic rings. The first-order valence-electron chi connectivity index (χ1n) is 4.89. The summed E-state index contributed by atoms with van der Waals surface area (Å²) in [6.45, 7) is 4.55. The summed E-state index contributed by atoms with van der Waals surface area (Å²) in [7, 11) is 0. The van der Waals surface area contributed by atoms with Gasteiger partial charge in [0.25, 0.3) is 0 Å². The Morgan fingerprint density at radius 2 is 2.31 bits per heavy atom. The van der Waals surface area contributed by atoms with Crippen molar-refractivity contribution in [1.29, 1.82) is 0 Å². The molecule has 0 aliphatic heterocycles. The molecule has 0 heterocycles. The number of nitrogens with one attached hydrogen (secondary N) is 1. The lowest BCUT2D eigenvalue weighted by atomic mass is 9.75. The molecule has 1 aliphatic carbocycles. The van der Waals surface area contributed by atoms with Crippen LogP contribution in [0.1, 0.15) is 39.5 Å². The van der Waals surface area contributed by atoms with Crippen LogP contribution in [-0.2, 0) is 4.79 Å². The molecule has 0 aromatic rings. The average Bonchev–Trinajstić information content (AvgIpc) is 2.02. The molecule has 1 atom stereocenters. The highest BCUT2D eigenvalue weighted by Crippen LogP contribution is 2.34. The summed E-state index contributed by atoms with van der Waals surface area (Å²) in [5, 5.41) is 3.46. The summed E-state index contributed by atoms with van der Waals surface area (Å²) < 4.78 is 0. The molecule has 76 valence electrons. The highest BCUT2D eigenvalue weighted by molar-refractivity contribution is 9.09. The van der Waals surface area contributed by atoms with Crippen LogP contribution in [0.2, 0.25) is 0 Å². The van der Waals surface area contributed by atoms with Gasteiger partial charge in [-0.05, 0) is 24.7 Å².